The Morgan fingerprint density at radius 2 is 1.90 bits per heavy atom. The highest BCUT2D eigenvalue weighted by Crippen LogP contribution is 2.37. The molecule has 0 N–H and O–H groups in total. The summed E-state index contributed by atoms with van der Waals surface area (Å²) >= 11 is 0. The molecule has 0 saturated carbocycles. The molecule has 0 radical (unpaired) electrons. The van der Waals surface area contributed by atoms with Crippen molar-refractivity contribution >= 4 is 18.0 Å². The zero-order valence-electron chi connectivity index (χ0n) is 13.1. The van der Waals surface area contributed by atoms with E-state index in [-0.39, 0.29) is 11.9 Å². The summed E-state index contributed by atoms with van der Waals surface area (Å²) < 4.78 is 10.2. The number of hydrogen-bond acceptors (Lipinski definition) is 5. The number of methoxy groups -OCH3 is 1. The highest BCUT2D eigenvalue weighted by molar-refractivity contribution is 5.92. The van der Waals surface area contributed by atoms with Crippen molar-refractivity contribution in [3.63, 3.8) is 0 Å². The average Bonchev–Trinajstić information content (AvgIpc) is 2.68. The van der Waals surface area contributed by atoms with Crippen molar-refractivity contribution in [1.82, 2.24) is 9.80 Å². The van der Waals surface area contributed by atoms with Crippen LogP contribution in [0.2, 0.25) is 0 Å². The standard InChI is InChI=1S/C14H22N2O5/c1-14(2,3)21-13(19)16-8-6-9(10(16)12(18)20-5)11(17)15(4)7-8/h8-10H,6-7H2,1-5H3/t8-,9-,10-/m1/s1. The Labute approximate surface area is 124 Å². The Kier molecular flexibility index (Phi) is 3.86. The van der Waals surface area contributed by atoms with Gasteiger partial charge in [-0.2, -0.15) is 0 Å². The minimum atomic E-state index is -0.896. The van der Waals surface area contributed by atoms with Crippen LogP contribution in [0.3, 0.4) is 0 Å². The van der Waals surface area contributed by atoms with E-state index in [1.165, 1.54) is 12.0 Å². The summed E-state index contributed by atoms with van der Waals surface area (Å²) in [6, 6.07) is -1.11. The average molecular weight is 298 g/mol. The van der Waals surface area contributed by atoms with E-state index >= 15 is 0 Å². The fourth-order valence-electron chi connectivity index (χ4n) is 3.02. The third kappa shape index (κ3) is 2.82. The van der Waals surface area contributed by atoms with Gasteiger partial charge in [0.25, 0.3) is 0 Å². The first-order valence-electron chi connectivity index (χ1n) is 7.00. The number of amides is 2. The lowest BCUT2D eigenvalue weighted by Gasteiger charge is -2.31. The van der Waals surface area contributed by atoms with Gasteiger partial charge in [0.1, 0.15) is 11.6 Å². The number of likely N-dealkylation sites (N-methyl/N-ethyl adjacent to an activating group) is 1. The number of rotatable bonds is 1. The molecule has 21 heavy (non-hydrogen) atoms. The van der Waals surface area contributed by atoms with Gasteiger partial charge in [0.05, 0.1) is 19.1 Å². The summed E-state index contributed by atoms with van der Waals surface area (Å²) in [6.45, 7) is 5.69. The third-order valence-corrected chi connectivity index (χ3v) is 3.83. The third-order valence-electron chi connectivity index (χ3n) is 3.83. The second-order valence-corrected chi connectivity index (χ2v) is 6.57. The van der Waals surface area contributed by atoms with Crippen LogP contribution in [0.1, 0.15) is 27.2 Å². The number of esters is 1. The van der Waals surface area contributed by atoms with Crippen LogP contribution in [0.5, 0.6) is 0 Å². The SMILES string of the molecule is COC(=O)[C@H]1[C@H]2C[C@H](CN(C)C2=O)N1C(=O)OC(C)(C)C. The van der Waals surface area contributed by atoms with Crippen molar-refractivity contribution < 1.29 is 23.9 Å². The molecule has 7 heteroatoms. The molecular weight excluding hydrogens is 276 g/mol. The van der Waals surface area contributed by atoms with Crippen molar-refractivity contribution in [2.45, 2.75) is 44.9 Å². The molecule has 0 aromatic heterocycles. The number of carbonyl (C=O) groups is 3. The van der Waals surface area contributed by atoms with Gasteiger partial charge in [-0.25, -0.2) is 9.59 Å². The van der Waals surface area contributed by atoms with Crippen LogP contribution in [0.4, 0.5) is 4.79 Å². The first-order valence-corrected chi connectivity index (χ1v) is 7.00. The van der Waals surface area contributed by atoms with E-state index in [1.54, 1.807) is 32.7 Å². The Balaban J connectivity index is 2.31. The number of nitrogens with zero attached hydrogens (tertiary/aromatic N) is 2. The lowest BCUT2D eigenvalue weighted by Crippen LogP contribution is -2.49. The van der Waals surface area contributed by atoms with Crippen LogP contribution in [0.25, 0.3) is 0 Å². The number of piperidine rings is 1. The molecule has 118 valence electrons. The number of fused-ring (bicyclic) bond motifs is 2. The number of ether oxygens (including phenoxy) is 2. The van der Waals surface area contributed by atoms with Gasteiger partial charge >= 0.3 is 12.1 Å². The van der Waals surface area contributed by atoms with Crippen molar-refractivity contribution in [2.24, 2.45) is 5.92 Å². The largest absolute Gasteiger partial charge is 0.467 e. The van der Waals surface area contributed by atoms with Gasteiger partial charge in [-0.3, -0.25) is 9.69 Å². The summed E-state index contributed by atoms with van der Waals surface area (Å²) in [5.74, 6) is -1.25. The summed E-state index contributed by atoms with van der Waals surface area (Å²) in [7, 11) is 2.93. The van der Waals surface area contributed by atoms with Gasteiger partial charge in [-0.15, -0.1) is 0 Å². The molecule has 2 amide bonds. The maximum Gasteiger partial charge on any atom is 0.411 e. The summed E-state index contributed by atoms with van der Waals surface area (Å²) in [4.78, 5) is 39.6. The van der Waals surface area contributed by atoms with E-state index in [0.29, 0.717) is 13.0 Å². The summed E-state index contributed by atoms with van der Waals surface area (Å²) in [6.07, 6.45) is -0.101. The van der Waals surface area contributed by atoms with Gasteiger partial charge in [-0.05, 0) is 27.2 Å². The molecule has 2 bridgehead atoms. The Bertz CT molecular complexity index is 470. The number of likely N-dealkylation sites (tertiary alicyclic amines) is 2. The molecule has 0 unspecified atom stereocenters. The second kappa shape index (κ2) is 5.20. The molecule has 2 rings (SSSR count). The van der Waals surface area contributed by atoms with E-state index < -0.39 is 29.6 Å². The Hall–Kier alpha value is -1.79. The van der Waals surface area contributed by atoms with Gasteiger partial charge < -0.3 is 14.4 Å². The molecule has 2 heterocycles. The van der Waals surface area contributed by atoms with E-state index in [1.807, 2.05) is 0 Å². The van der Waals surface area contributed by atoms with Crippen molar-refractivity contribution in [3.05, 3.63) is 0 Å². The monoisotopic (exact) mass is 298 g/mol. The zero-order valence-corrected chi connectivity index (χ0v) is 13.1. The summed E-state index contributed by atoms with van der Waals surface area (Å²) in [5, 5.41) is 0. The Morgan fingerprint density at radius 3 is 2.43 bits per heavy atom. The molecular formula is C14H22N2O5. The number of carbonyl (C=O) groups excluding carboxylic acids is 3. The lowest BCUT2D eigenvalue weighted by atomic mass is 9.94. The Morgan fingerprint density at radius 1 is 1.29 bits per heavy atom. The molecule has 0 aromatic carbocycles. The normalized spacial score (nSPS) is 28.6. The molecule has 0 spiro atoms. The van der Waals surface area contributed by atoms with E-state index in [2.05, 4.69) is 0 Å². The lowest BCUT2D eigenvalue weighted by molar-refractivity contribution is -0.150. The van der Waals surface area contributed by atoms with Crippen LogP contribution >= 0.6 is 0 Å². The van der Waals surface area contributed by atoms with Gasteiger partial charge in [-0.1, -0.05) is 0 Å². The molecule has 7 nitrogen and oxygen atoms in total. The molecule has 2 saturated heterocycles. The maximum atomic E-state index is 12.4. The number of hydrogen-bond donors (Lipinski definition) is 0. The van der Waals surface area contributed by atoms with Crippen LogP contribution in [-0.2, 0) is 19.1 Å². The molecule has 2 aliphatic rings. The fourth-order valence-corrected chi connectivity index (χ4v) is 3.02. The van der Waals surface area contributed by atoms with Gasteiger partial charge in [0.2, 0.25) is 5.91 Å². The maximum absolute atomic E-state index is 12.4. The van der Waals surface area contributed by atoms with E-state index in [9.17, 15) is 14.4 Å². The van der Waals surface area contributed by atoms with Crippen LogP contribution < -0.4 is 0 Å². The first-order chi connectivity index (χ1) is 9.65. The molecule has 3 atom stereocenters. The molecule has 0 aliphatic carbocycles. The molecule has 2 fully saturated rings. The predicted molar refractivity (Wildman–Crippen MR) is 73.4 cm³/mol. The smallest absolute Gasteiger partial charge is 0.411 e. The van der Waals surface area contributed by atoms with Crippen molar-refractivity contribution in [3.8, 4) is 0 Å². The van der Waals surface area contributed by atoms with Gasteiger partial charge in [0.15, 0.2) is 0 Å². The van der Waals surface area contributed by atoms with Gasteiger partial charge in [0, 0.05) is 13.6 Å². The minimum absolute atomic E-state index is 0.132. The molecule has 2 aliphatic heterocycles. The molecule has 0 aromatic rings. The summed E-state index contributed by atoms with van der Waals surface area (Å²) in [5.41, 5.74) is -0.662. The topological polar surface area (TPSA) is 76.2 Å². The van der Waals surface area contributed by atoms with Crippen LogP contribution in [0.15, 0.2) is 0 Å². The fraction of sp³-hybridized carbons (Fsp3) is 0.786. The predicted octanol–water partition coefficient (Wildman–Crippen LogP) is 0.626. The van der Waals surface area contributed by atoms with Crippen LogP contribution in [-0.4, -0.2) is 66.2 Å². The van der Waals surface area contributed by atoms with E-state index in [4.69, 9.17) is 9.47 Å². The minimum Gasteiger partial charge on any atom is -0.467 e. The first kappa shape index (κ1) is 15.6. The van der Waals surface area contributed by atoms with E-state index in [0.717, 1.165) is 0 Å². The quantitative estimate of drug-likeness (QED) is 0.664. The highest BCUT2D eigenvalue weighted by atomic mass is 16.6. The van der Waals surface area contributed by atoms with Crippen LogP contribution in [0, 0.1) is 5.92 Å². The second-order valence-electron chi connectivity index (χ2n) is 6.57. The highest BCUT2D eigenvalue weighted by Gasteiger charge is 2.56. The van der Waals surface area contributed by atoms with Crippen molar-refractivity contribution in [2.75, 3.05) is 20.7 Å². The zero-order chi connectivity index (χ0) is 15.9. The van der Waals surface area contributed by atoms with Crippen molar-refractivity contribution in [1.29, 1.82) is 0 Å².